The van der Waals surface area contributed by atoms with Gasteiger partial charge in [0.15, 0.2) is 0 Å². The Morgan fingerprint density at radius 1 is 1.50 bits per heavy atom. The number of rotatable bonds is 7. The first-order valence-electron chi connectivity index (χ1n) is 6.23. The molecule has 0 heterocycles. The maximum Gasteiger partial charge on any atom is 0.409 e. The van der Waals surface area contributed by atoms with Gasteiger partial charge in [-0.3, -0.25) is 5.32 Å². The van der Waals surface area contributed by atoms with Gasteiger partial charge in [-0.15, -0.1) is 0 Å². The Morgan fingerprint density at radius 2 is 2.28 bits per heavy atom. The van der Waals surface area contributed by atoms with Gasteiger partial charge in [-0.2, -0.15) is 0 Å². The molecule has 18 heavy (non-hydrogen) atoms. The normalized spacial score (nSPS) is 22.7. The van der Waals surface area contributed by atoms with E-state index in [0.717, 1.165) is 6.42 Å². The molecule has 1 aliphatic rings. The summed E-state index contributed by atoms with van der Waals surface area (Å²) in [6, 6.07) is 0. The molecule has 0 saturated heterocycles. The van der Waals surface area contributed by atoms with Gasteiger partial charge >= 0.3 is 6.09 Å². The topological polar surface area (TPSA) is 67.8 Å². The van der Waals surface area contributed by atoms with Gasteiger partial charge in [0.2, 0.25) is 0 Å². The van der Waals surface area contributed by atoms with E-state index in [0.29, 0.717) is 31.9 Å². The second kappa shape index (κ2) is 7.18. The summed E-state index contributed by atoms with van der Waals surface area (Å²) < 4.78 is 11.1. The standard InChI is InChI=1S/C13H21NO4/c1-3-13(18-10-9-17-4-2)7-5-11(6-8-13)14-12(15)16/h5-7,14H,3-4,8-10H2,1-2H3,(H,15,16). The number of hydrogen-bond acceptors (Lipinski definition) is 3. The van der Waals surface area contributed by atoms with E-state index < -0.39 is 6.09 Å². The van der Waals surface area contributed by atoms with Crippen molar-refractivity contribution in [3.05, 3.63) is 23.9 Å². The Kier molecular flexibility index (Phi) is 5.88. The van der Waals surface area contributed by atoms with Gasteiger partial charge in [0.1, 0.15) is 0 Å². The highest BCUT2D eigenvalue weighted by atomic mass is 16.5. The van der Waals surface area contributed by atoms with Crippen molar-refractivity contribution in [2.45, 2.75) is 32.3 Å². The number of nitrogens with one attached hydrogen (secondary N) is 1. The molecule has 0 aliphatic heterocycles. The van der Waals surface area contributed by atoms with Crippen molar-refractivity contribution in [2.75, 3.05) is 19.8 Å². The smallest absolute Gasteiger partial charge is 0.409 e. The maximum atomic E-state index is 10.5. The molecule has 0 aromatic carbocycles. The van der Waals surface area contributed by atoms with Crippen LogP contribution in [0.3, 0.4) is 0 Å². The fourth-order valence-corrected chi connectivity index (χ4v) is 1.80. The summed E-state index contributed by atoms with van der Waals surface area (Å²) in [5.74, 6) is 0. The minimum Gasteiger partial charge on any atom is -0.465 e. The molecule has 1 atom stereocenters. The van der Waals surface area contributed by atoms with Gasteiger partial charge in [-0.25, -0.2) is 4.79 Å². The van der Waals surface area contributed by atoms with E-state index in [1.54, 1.807) is 6.08 Å². The summed E-state index contributed by atoms with van der Waals surface area (Å²) in [5.41, 5.74) is 0.265. The Balaban J connectivity index is 2.47. The number of ether oxygens (including phenoxy) is 2. The fraction of sp³-hybridized carbons (Fsp3) is 0.615. The predicted octanol–water partition coefficient (Wildman–Crippen LogP) is 2.30. The van der Waals surface area contributed by atoms with E-state index in [1.807, 2.05) is 19.1 Å². The Labute approximate surface area is 107 Å². The molecule has 5 nitrogen and oxygen atoms in total. The quantitative estimate of drug-likeness (QED) is 0.685. The van der Waals surface area contributed by atoms with Crippen LogP contribution < -0.4 is 5.32 Å². The van der Waals surface area contributed by atoms with Crippen LogP contribution in [0.2, 0.25) is 0 Å². The third-order valence-electron chi connectivity index (χ3n) is 2.91. The van der Waals surface area contributed by atoms with E-state index in [1.165, 1.54) is 0 Å². The number of carbonyl (C=O) groups is 1. The summed E-state index contributed by atoms with van der Waals surface area (Å²) in [6.45, 7) is 5.81. The van der Waals surface area contributed by atoms with Gasteiger partial charge in [-0.05, 0) is 19.4 Å². The van der Waals surface area contributed by atoms with Gasteiger partial charge < -0.3 is 14.6 Å². The number of carboxylic acid groups (broad SMARTS) is 1. The Hall–Kier alpha value is -1.33. The lowest BCUT2D eigenvalue weighted by Crippen LogP contribution is -2.33. The SMILES string of the molecule is CCOCCOC1(CC)C=CC(NC(=O)O)=CC1. The Morgan fingerprint density at radius 3 is 2.78 bits per heavy atom. The Bertz CT molecular complexity index is 338. The van der Waals surface area contributed by atoms with Crippen LogP contribution in [0.15, 0.2) is 23.9 Å². The molecule has 0 fully saturated rings. The zero-order chi connectivity index (χ0) is 13.4. The molecule has 5 heteroatoms. The summed E-state index contributed by atoms with van der Waals surface area (Å²) in [6.07, 6.45) is 5.98. The van der Waals surface area contributed by atoms with Crippen LogP contribution in [-0.2, 0) is 9.47 Å². The summed E-state index contributed by atoms with van der Waals surface area (Å²) in [4.78, 5) is 10.5. The molecule has 0 saturated carbocycles. The maximum absolute atomic E-state index is 10.5. The highest BCUT2D eigenvalue weighted by molar-refractivity contribution is 5.68. The van der Waals surface area contributed by atoms with Crippen LogP contribution in [-0.4, -0.2) is 36.6 Å². The molecule has 1 rings (SSSR count). The molecular weight excluding hydrogens is 234 g/mol. The summed E-state index contributed by atoms with van der Waals surface area (Å²) >= 11 is 0. The molecule has 1 amide bonds. The van der Waals surface area contributed by atoms with Crippen molar-refractivity contribution in [2.24, 2.45) is 0 Å². The molecule has 0 aromatic heterocycles. The zero-order valence-corrected chi connectivity index (χ0v) is 10.9. The minimum absolute atomic E-state index is 0.333. The van der Waals surface area contributed by atoms with E-state index >= 15 is 0 Å². The van der Waals surface area contributed by atoms with Crippen LogP contribution in [0.1, 0.15) is 26.7 Å². The third-order valence-corrected chi connectivity index (χ3v) is 2.91. The molecule has 1 aliphatic carbocycles. The average Bonchev–Trinajstić information content (AvgIpc) is 2.36. The van der Waals surface area contributed by atoms with Crippen molar-refractivity contribution in [3.63, 3.8) is 0 Å². The summed E-state index contributed by atoms with van der Waals surface area (Å²) in [5, 5.41) is 11.0. The first-order valence-corrected chi connectivity index (χ1v) is 6.23. The van der Waals surface area contributed by atoms with Crippen molar-refractivity contribution >= 4 is 6.09 Å². The molecule has 102 valence electrons. The van der Waals surface area contributed by atoms with E-state index in [4.69, 9.17) is 14.6 Å². The van der Waals surface area contributed by atoms with Gasteiger partial charge in [0.05, 0.1) is 18.8 Å². The van der Waals surface area contributed by atoms with Crippen molar-refractivity contribution in [1.29, 1.82) is 0 Å². The molecule has 0 bridgehead atoms. The minimum atomic E-state index is -1.05. The highest BCUT2D eigenvalue weighted by Crippen LogP contribution is 2.27. The largest absolute Gasteiger partial charge is 0.465 e. The summed E-state index contributed by atoms with van der Waals surface area (Å²) in [7, 11) is 0. The van der Waals surface area contributed by atoms with Gasteiger partial charge in [-0.1, -0.05) is 19.1 Å². The van der Waals surface area contributed by atoms with E-state index in [-0.39, 0.29) is 5.60 Å². The van der Waals surface area contributed by atoms with Crippen LogP contribution in [0.25, 0.3) is 0 Å². The highest BCUT2D eigenvalue weighted by Gasteiger charge is 2.27. The third kappa shape index (κ3) is 4.50. The molecule has 0 radical (unpaired) electrons. The fourth-order valence-electron chi connectivity index (χ4n) is 1.80. The first kappa shape index (κ1) is 14.7. The van der Waals surface area contributed by atoms with Gasteiger partial charge in [0, 0.05) is 18.7 Å². The van der Waals surface area contributed by atoms with Crippen LogP contribution in [0.5, 0.6) is 0 Å². The predicted molar refractivity (Wildman–Crippen MR) is 68.5 cm³/mol. The van der Waals surface area contributed by atoms with Crippen LogP contribution in [0.4, 0.5) is 4.79 Å². The van der Waals surface area contributed by atoms with E-state index in [2.05, 4.69) is 12.2 Å². The molecular formula is C13H21NO4. The lowest BCUT2D eigenvalue weighted by Gasteiger charge is -2.31. The van der Waals surface area contributed by atoms with Crippen molar-refractivity contribution in [1.82, 2.24) is 5.32 Å². The number of hydrogen-bond donors (Lipinski definition) is 2. The average molecular weight is 255 g/mol. The molecule has 2 N–H and O–H groups in total. The van der Waals surface area contributed by atoms with Crippen LogP contribution in [0, 0.1) is 0 Å². The number of allylic oxidation sites excluding steroid dienone is 1. The second-order valence-corrected chi connectivity index (χ2v) is 4.09. The lowest BCUT2D eigenvalue weighted by atomic mass is 9.91. The lowest BCUT2D eigenvalue weighted by molar-refractivity contribution is -0.0384. The first-order chi connectivity index (χ1) is 8.62. The molecule has 0 spiro atoms. The monoisotopic (exact) mass is 255 g/mol. The van der Waals surface area contributed by atoms with Gasteiger partial charge in [0.25, 0.3) is 0 Å². The van der Waals surface area contributed by atoms with Crippen molar-refractivity contribution in [3.8, 4) is 0 Å². The van der Waals surface area contributed by atoms with E-state index in [9.17, 15) is 4.79 Å². The van der Waals surface area contributed by atoms with Crippen molar-refractivity contribution < 1.29 is 19.4 Å². The molecule has 0 aromatic rings. The number of amides is 1. The molecule has 1 unspecified atom stereocenters. The second-order valence-electron chi connectivity index (χ2n) is 4.09. The zero-order valence-electron chi connectivity index (χ0n) is 10.9. The van der Waals surface area contributed by atoms with Crippen LogP contribution >= 0.6 is 0 Å².